The topological polar surface area (TPSA) is 80.5 Å². The lowest BCUT2D eigenvalue weighted by atomic mass is 10.2. The van der Waals surface area contributed by atoms with Crippen molar-refractivity contribution < 1.29 is 14.1 Å². The number of nitrogens with one attached hydrogen (secondary N) is 1. The van der Waals surface area contributed by atoms with Crippen LogP contribution in [0.5, 0.6) is 5.75 Å². The molecular formula is C20H21ClN4O3. The largest absolute Gasteiger partial charge is 0.494 e. The van der Waals surface area contributed by atoms with Crippen molar-refractivity contribution in [3.63, 3.8) is 0 Å². The Labute approximate surface area is 168 Å². The van der Waals surface area contributed by atoms with Crippen molar-refractivity contribution in [1.29, 1.82) is 0 Å². The first-order chi connectivity index (χ1) is 13.5. The molecule has 0 radical (unpaired) electrons. The molecule has 0 unspecified atom stereocenters. The number of likely N-dealkylation sites (N-methyl/N-ethyl adjacent to an activating group) is 1. The average Bonchev–Trinajstić information content (AvgIpc) is 3.17. The van der Waals surface area contributed by atoms with E-state index in [1.54, 1.807) is 36.2 Å². The van der Waals surface area contributed by atoms with Crippen LogP contribution in [0.25, 0.3) is 11.5 Å². The molecule has 0 saturated heterocycles. The lowest BCUT2D eigenvalue weighted by Crippen LogP contribution is -2.33. The van der Waals surface area contributed by atoms with Crippen LogP contribution in [0, 0.1) is 0 Å². The minimum Gasteiger partial charge on any atom is -0.494 e. The number of nitrogens with zero attached hydrogens (tertiary/aromatic N) is 3. The van der Waals surface area contributed by atoms with E-state index in [4.69, 9.17) is 20.9 Å². The SMILES string of the molecule is CCOc1ccc(NC(=O)N(C)CCc2noc(-c3ccc(Cl)cc3)n2)cc1. The van der Waals surface area contributed by atoms with Gasteiger partial charge in [0.05, 0.1) is 6.61 Å². The smallest absolute Gasteiger partial charge is 0.321 e. The lowest BCUT2D eigenvalue weighted by molar-refractivity contribution is 0.222. The first-order valence-corrected chi connectivity index (χ1v) is 9.26. The molecule has 0 spiro atoms. The molecule has 0 bridgehead atoms. The van der Waals surface area contributed by atoms with Crippen LogP contribution in [-0.4, -0.2) is 41.3 Å². The van der Waals surface area contributed by atoms with E-state index in [1.165, 1.54) is 0 Å². The second-order valence-corrected chi connectivity index (χ2v) is 6.52. The number of halogens is 1. The van der Waals surface area contributed by atoms with Crippen LogP contribution in [0.2, 0.25) is 5.02 Å². The highest BCUT2D eigenvalue weighted by molar-refractivity contribution is 6.30. The summed E-state index contributed by atoms with van der Waals surface area (Å²) in [5.41, 5.74) is 1.50. The van der Waals surface area contributed by atoms with E-state index >= 15 is 0 Å². The Morgan fingerprint density at radius 3 is 2.57 bits per heavy atom. The monoisotopic (exact) mass is 400 g/mol. The highest BCUT2D eigenvalue weighted by atomic mass is 35.5. The molecule has 0 saturated carbocycles. The van der Waals surface area contributed by atoms with Gasteiger partial charge in [0.25, 0.3) is 5.89 Å². The molecule has 2 amide bonds. The van der Waals surface area contributed by atoms with Gasteiger partial charge in [0, 0.05) is 36.3 Å². The number of urea groups is 1. The summed E-state index contributed by atoms with van der Waals surface area (Å²) in [6.07, 6.45) is 0.476. The Bertz CT molecular complexity index is 910. The summed E-state index contributed by atoms with van der Waals surface area (Å²) in [5, 5.41) is 7.45. The van der Waals surface area contributed by atoms with Crippen LogP contribution in [0.3, 0.4) is 0 Å². The molecule has 3 rings (SSSR count). The molecule has 0 aliphatic carbocycles. The lowest BCUT2D eigenvalue weighted by Gasteiger charge is -2.17. The molecule has 1 N–H and O–H groups in total. The summed E-state index contributed by atoms with van der Waals surface area (Å²) in [6.45, 7) is 2.97. The van der Waals surface area contributed by atoms with Gasteiger partial charge in [-0.1, -0.05) is 16.8 Å². The van der Waals surface area contributed by atoms with Crippen LogP contribution < -0.4 is 10.1 Å². The van der Waals surface area contributed by atoms with Gasteiger partial charge in [-0.05, 0) is 55.5 Å². The van der Waals surface area contributed by atoms with Crippen LogP contribution in [0.1, 0.15) is 12.7 Å². The van der Waals surface area contributed by atoms with Gasteiger partial charge in [-0.15, -0.1) is 0 Å². The number of carbonyl (C=O) groups excluding carboxylic acids is 1. The van der Waals surface area contributed by atoms with E-state index in [1.807, 2.05) is 31.2 Å². The van der Waals surface area contributed by atoms with Crippen molar-refractivity contribution in [3.05, 3.63) is 59.4 Å². The quantitative estimate of drug-likeness (QED) is 0.631. The Balaban J connectivity index is 1.51. The van der Waals surface area contributed by atoms with Crippen molar-refractivity contribution in [1.82, 2.24) is 15.0 Å². The summed E-state index contributed by atoms with van der Waals surface area (Å²) in [4.78, 5) is 18.2. The van der Waals surface area contributed by atoms with Crippen molar-refractivity contribution in [2.24, 2.45) is 0 Å². The normalized spacial score (nSPS) is 10.5. The van der Waals surface area contributed by atoms with Crippen LogP contribution >= 0.6 is 11.6 Å². The maximum absolute atomic E-state index is 12.3. The summed E-state index contributed by atoms with van der Waals surface area (Å²) < 4.78 is 10.7. The molecule has 0 fully saturated rings. The number of carbonyl (C=O) groups is 1. The molecule has 28 heavy (non-hydrogen) atoms. The van der Waals surface area contributed by atoms with E-state index in [0.717, 1.165) is 11.3 Å². The molecule has 7 nitrogen and oxygen atoms in total. The molecule has 0 aliphatic rings. The van der Waals surface area contributed by atoms with Gasteiger partial charge in [-0.3, -0.25) is 0 Å². The molecule has 2 aromatic carbocycles. The Kier molecular flexibility index (Phi) is 6.49. The van der Waals surface area contributed by atoms with Crippen molar-refractivity contribution in [2.45, 2.75) is 13.3 Å². The predicted octanol–water partition coefficient (Wildman–Crippen LogP) is 4.50. The Morgan fingerprint density at radius 2 is 1.89 bits per heavy atom. The van der Waals surface area contributed by atoms with Gasteiger partial charge in [0.15, 0.2) is 5.82 Å². The third-order valence-electron chi connectivity index (χ3n) is 3.99. The Morgan fingerprint density at radius 1 is 1.18 bits per heavy atom. The first kappa shape index (κ1) is 19.7. The van der Waals surface area contributed by atoms with Crippen LogP contribution in [0.15, 0.2) is 53.1 Å². The van der Waals surface area contributed by atoms with E-state index in [0.29, 0.717) is 42.0 Å². The third-order valence-corrected chi connectivity index (χ3v) is 4.25. The predicted molar refractivity (Wildman–Crippen MR) is 108 cm³/mol. The minimum atomic E-state index is -0.217. The maximum atomic E-state index is 12.3. The number of ether oxygens (including phenoxy) is 1. The van der Waals surface area contributed by atoms with Gasteiger partial charge in [0.2, 0.25) is 0 Å². The number of hydrogen-bond donors (Lipinski definition) is 1. The third kappa shape index (κ3) is 5.23. The van der Waals surface area contributed by atoms with Gasteiger partial charge >= 0.3 is 6.03 Å². The second kappa shape index (κ2) is 9.23. The van der Waals surface area contributed by atoms with Crippen molar-refractivity contribution >= 4 is 23.3 Å². The Hall–Kier alpha value is -3.06. The van der Waals surface area contributed by atoms with Crippen molar-refractivity contribution in [2.75, 3.05) is 25.5 Å². The van der Waals surface area contributed by atoms with E-state index in [2.05, 4.69) is 15.5 Å². The van der Waals surface area contributed by atoms with Crippen molar-refractivity contribution in [3.8, 4) is 17.2 Å². The summed E-state index contributed by atoms with van der Waals surface area (Å²) in [6, 6.07) is 14.2. The summed E-state index contributed by atoms with van der Waals surface area (Å²) in [7, 11) is 1.71. The first-order valence-electron chi connectivity index (χ1n) is 8.88. The maximum Gasteiger partial charge on any atom is 0.321 e. The number of rotatable bonds is 7. The summed E-state index contributed by atoms with van der Waals surface area (Å²) in [5.74, 6) is 1.72. The fourth-order valence-electron chi connectivity index (χ4n) is 2.45. The van der Waals surface area contributed by atoms with Gasteiger partial charge in [-0.25, -0.2) is 4.79 Å². The highest BCUT2D eigenvalue weighted by Gasteiger charge is 2.13. The zero-order chi connectivity index (χ0) is 19.9. The number of aromatic nitrogens is 2. The second-order valence-electron chi connectivity index (χ2n) is 6.08. The molecule has 3 aromatic rings. The van der Waals surface area contributed by atoms with E-state index in [9.17, 15) is 4.79 Å². The minimum absolute atomic E-state index is 0.217. The standard InChI is InChI=1S/C20H21ClN4O3/c1-3-27-17-10-8-16(9-11-17)22-20(26)25(2)13-12-18-23-19(28-24-18)14-4-6-15(21)7-5-14/h4-11H,3,12-13H2,1-2H3,(H,22,26). The number of amides is 2. The molecule has 146 valence electrons. The summed E-state index contributed by atoms with van der Waals surface area (Å²) >= 11 is 5.88. The highest BCUT2D eigenvalue weighted by Crippen LogP contribution is 2.20. The average molecular weight is 401 g/mol. The molecular weight excluding hydrogens is 380 g/mol. The molecule has 1 aromatic heterocycles. The van der Waals surface area contributed by atoms with Crippen LogP contribution in [0.4, 0.5) is 10.5 Å². The van der Waals surface area contributed by atoms with Gasteiger partial charge < -0.3 is 19.5 Å². The van der Waals surface area contributed by atoms with Gasteiger partial charge in [0.1, 0.15) is 5.75 Å². The fourth-order valence-corrected chi connectivity index (χ4v) is 2.58. The van der Waals surface area contributed by atoms with Gasteiger partial charge in [-0.2, -0.15) is 4.98 Å². The molecule has 0 atom stereocenters. The zero-order valence-electron chi connectivity index (χ0n) is 15.7. The van der Waals surface area contributed by atoms with E-state index in [-0.39, 0.29) is 6.03 Å². The van der Waals surface area contributed by atoms with Crippen LogP contribution in [-0.2, 0) is 6.42 Å². The molecule has 8 heteroatoms. The number of hydrogen-bond acceptors (Lipinski definition) is 5. The molecule has 0 aliphatic heterocycles. The zero-order valence-corrected chi connectivity index (χ0v) is 16.4. The number of benzene rings is 2. The van der Waals surface area contributed by atoms with E-state index < -0.39 is 0 Å². The number of anilines is 1. The molecule has 1 heterocycles. The fraction of sp³-hybridized carbons (Fsp3) is 0.250.